The molecule has 3 saturated heterocycles. The second-order valence-corrected chi connectivity index (χ2v) is 11.0. The second kappa shape index (κ2) is 8.61. The van der Waals surface area contributed by atoms with E-state index in [1.165, 1.54) is 5.56 Å². The predicted octanol–water partition coefficient (Wildman–Crippen LogP) is 2.75. The molecule has 0 spiro atoms. The second-order valence-electron chi connectivity index (χ2n) is 11.0. The van der Waals surface area contributed by atoms with E-state index in [9.17, 15) is 5.26 Å². The topological polar surface area (TPSA) is 88.5 Å². The summed E-state index contributed by atoms with van der Waals surface area (Å²) in [5.74, 6) is 1.07. The number of rotatable bonds is 3. The van der Waals surface area contributed by atoms with Crippen LogP contribution in [0.5, 0.6) is 0 Å². The summed E-state index contributed by atoms with van der Waals surface area (Å²) >= 11 is 0. The Bertz CT molecular complexity index is 1390. The van der Waals surface area contributed by atoms with Gasteiger partial charge in [0.05, 0.1) is 24.3 Å². The molecule has 0 radical (unpaired) electrons. The summed E-state index contributed by atoms with van der Waals surface area (Å²) in [5, 5.41) is 10.5. The molecule has 0 aliphatic carbocycles. The minimum Gasteiger partial charge on any atom is -0.368 e. The summed E-state index contributed by atoms with van der Waals surface area (Å²) in [5.41, 5.74) is 10.7. The lowest BCUT2D eigenvalue weighted by Gasteiger charge is -2.51. The van der Waals surface area contributed by atoms with E-state index < -0.39 is 0 Å². The molecule has 186 valence electrons. The zero-order valence-corrected chi connectivity index (χ0v) is 21.3. The highest BCUT2D eigenvalue weighted by Crippen LogP contribution is 2.34. The quantitative estimate of drug-likeness (QED) is 0.608. The van der Waals surface area contributed by atoms with E-state index >= 15 is 0 Å². The summed E-state index contributed by atoms with van der Waals surface area (Å²) in [6.45, 7) is 13.0. The molecule has 0 bridgehead atoms. The van der Waals surface area contributed by atoms with Gasteiger partial charge < -0.3 is 20.4 Å². The van der Waals surface area contributed by atoms with Crippen LogP contribution in [0.4, 0.5) is 17.2 Å². The van der Waals surface area contributed by atoms with Gasteiger partial charge in [-0.05, 0) is 56.7 Å². The van der Waals surface area contributed by atoms with Crippen LogP contribution in [0.15, 0.2) is 42.7 Å². The fourth-order valence-electron chi connectivity index (χ4n) is 6.29. The average molecular weight is 484 g/mol. The van der Waals surface area contributed by atoms with Crippen molar-refractivity contribution in [2.45, 2.75) is 38.4 Å². The van der Waals surface area contributed by atoms with E-state index in [4.69, 9.17) is 12.1 Å². The van der Waals surface area contributed by atoms with Crippen molar-refractivity contribution in [3.8, 4) is 6.07 Å². The number of nitrogens with zero attached hydrogens (tertiary/aromatic N) is 7. The van der Waals surface area contributed by atoms with Crippen molar-refractivity contribution in [2.75, 3.05) is 60.5 Å². The number of benzene rings is 1. The minimum atomic E-state index is -0.105. The van der Waals surface area contributed by atoms with Crippen molar-refractivity contribution in [1.29, 1.82) is 5.26 Å². The van der Waals surface area contributed by atoms with Crippen LogP contribution in [-0.4, -0.2) is 78.3 Å². The van der Waals surface area contributed by atoms with Gasteiger partial charge in [0.1, 0.15) is 11.9 Å². The summed E-state index contributed by atoms with van der Waals surface area (Å²) in [6, 6.07) is 12.8. The maximum Gasteiger partial charge on any atom is 0.131 e. The van der Waals surface area contributed by atoms with Crippen molar-refractivity contribution in [3.05, 3.63) is 53.8 Å². The van der Waals surface area contributed by atoms with Crippen LogP contribution >= 0.6 is 0 Å². The number of piperazine rings is 2. The molecular formula is C28H34N8. The Kier molecular flexibility index (Phi) is 5.22. The number of nitriles is 1. The Hall–Kier alpha value is -3.41. The molecule has 5 heterocycles. The molecule has 1 aromatic carbocycles. The van der Waals surface area contributed by atoms with E-state index in [2.05, 4.69) is 57.5 Å². The van der Waals surface area contributed by atoms with Crippen LogP contribution in [0.25, 0.3) is 10.9 Å². The standard InChI is InChI=1S/C28H34N8/c1-19-11-22(35-17-28(3,30)18-35)13-32-27(19)33-9-10-36-20(2)14-34(16-23(36)15-33)25-7-6-21(12-29)26-24(25)5-4-8-31-26/h4-8,11,13,20,23H,9-10,14-18,30H2,1-3H3/t20-,23-/m0/s1/i8D. The molecular weight excluding hydrogens is 448 g/mol. The van der Waals surface area contributed by atoms with Gasteiger partial charge in [-0.25, -0.2) is 4.98 Å². The van der Waals surface area contributed by atoms with Gasteiger partial charge in [0.2, 0.25) is 0 Å². The number of aryl methyl sites for hydroxylation is 1. The first kappa shape index (κ1) is 21.8. The number of hydrogen-bond donors (Lipinski definition) is 1. The molecule has 2 atom stereocenters. The van der Waals surface area contributed by atoms with E-state index in [1.807, 2.05) is 24.4 Å². The van der Waals surface area contributed by atoms with Crippen molar-refractivity contribution in [3.63, 3.8) is 0 Å². The SMILES string of the molecule is [2H]c1ccc2c(N3C[C@@H]4CN(c5ncc(N6CC(C)(N)C6)cc5C)CCN4[C@@H](C)C3)ccc(C#N)c2n1. The van der Waals surface area contributed by atoms with Crippen LogP contribution in [0.2, 0.25) is 0 Å². The Labute approximate surface area is 214 Å². The van der Waals surface area contributed by atoms with Gasteiger partial charge in [-0.15, -0.1) is 0 Å². The Morgan fingerprint density at radius 2 is 1.92 bits per heavy atom. The first-order valence-electron chi connectivity index (χ1n) is 13.3. The minimum absolute atomic E-state index is 0.105. The Morgan fingerprint density at radius 3 is 2.67 bits per heavy atom. The zero-order valence-electron chi connectivity index (χ0n) is 22.3. The fraction of sp³-hybridized carbons (Fsp3) is 0.464. The zero-order chi connectivity index (χ0) is 25.9. The summed E-state index contributed by atoms with van der Waals surface area (Å²) in [4.78, 5) is 19.1. The van der Waals surface area contributed by atoms with Crippen molar-refractivity contribution < 1.29 is 1.37 Å². The number of anilines is 3. The third-order valence-electron chi connectivity index (χ3n) is 7.97. The van der Waals surface area contributed by atoms with Crippen LogP contribution in [-0.2, 0) is 0 Å². The van der Waals surface area contributed by atoms with E-state index in [1.54, 1.807) is 6.07 Å². The van der Waals surface area contributed by atoms with Gasteiger partial charge in [-0.2, -0.15) is 5.26 Å². The molecule has 2 aromatic heterocycles. The first-order chi connectivity index (χ1) is 17.7. The molecule has 3 aliphatic rings. The van der Waals surface area contributed by atoms with Crippen molar-refractivity contribution >= 4 is 28.1 Å². The van der Waals surface area contributed by atoms with Crippen molar-refractivity contribution in [2.24, 2.45) is 5.73 Å². The highest BCUT2D eigenvalue weighted by Gasteiger charge is 2.38. The van der Waals surface area contributed by atoms with E-state index in [-0.39, 0.29) is 11.7 Å². The van der Waals surface area contributed by atoms with Crippen LogP contribution in [0, 0.1) is 18.3 Å². The number of aromatic nitrogens is 2. The maximum atomic E-state index is 9.58. The normalized spacial score (nSPS) is 24.2. The molecule has 36 heavy (non-hydrogen) atoms. The molecule has 2 N–H and O–H groups in total. The van der Waals surface area contributed by atoms with E-state index in [0.29, 0.717) is 23.2 Å². The molecule has 0 saturated carbocycles. The molecule has 3 aliphatic heterocycles. The summed E-state index contributed by atoms with van der Waals surface area (Å²) < 4.78 is 7.95. The van der Waals surface area contributed by atoms with Crippen molar-refractivity contribution in [1.82, 2.24) is 14.9 Å². The fourth-order valence-corrected chi connectivity index (χ4v) is 6.29. The Morgan fingerprint density at radius 1 is 1.11 bits per heavy atom. The third-order valence-corrected chi connectivity index (χ3v) is 7.97. The smallest absolute Gasteiger partial charge is 0.131 e. The van der Waals surface area contributed by atoms with Crippen LogP contribution in [0.1, 0.15) is 26.3 Å². The van der Waals surface area contributed by atoms with Gasteiger partial charge >= 0.3 is 0 Å². The average Bonchev–Trinajstić information content (AvgIpc) is 2.86. The Balaban J connectivity index is 1.24. The largest absolute Gasteiger partial charge is 0.368 e. The number of pyridine rings is 2. The molecule has 0 amide bonds. The lowest BCUT2D eigenvalue weighted by atomic mass is 9.93. The van der Waals surface area contributed by atoms with E-state index in [0.717, 1.165) is 68.4 Å². The van der Waals surface area contributed by atoms with Gasteiger partial charge in [0.15, 0.2) is 0 Å². The summed E-state index contributed by atoms with van der Waals surface area (Å²) in [6.07, 6.45) is 2.18. The van der Waals surface area contributed by atoms with Gasteiger partial charge in [0, 0.05) is 80.7 Å². The first-order valence-corrected chi connectivity index (χ1v) is 12.8. The molecule has 3 aromatic rings. The number of fused-ring (bicyclic) bond motifs is 2. The lowest BCUT2D eigenvalue weighted by molar-refractivity contribution is 0.108. The molecule has 3 fully saturated rings. The summed E-state index contributed by atoms with van der Waals surface area (Å²) in [7, 11) is 0. The van der Waals surface area contributed by atoms with Gasteiger partial charge in [-0.3, -0.25) is 9.88 Å². The third kappa shape index (κ3) is 3.93. The van der Waals surface area contributed by atoms with Crippen LogP contribution in [0.3, 0.4) is 0 Å². The molecule has 8 heteroatoms. The molecule has 6 rings (SSSR count). The van der Waals surface area contributed by atoms with Gasteiger partial charge in [-0.1, -0.05) is 0 Å². The number of hydrogen-bond acceptors (Lipinski definition) is 8. The van der Waals surface area contributed by atoms with Crippen LogP contribution < -0.4 is 20.4 Å². The number of nitrogens with two attached hydrogens (primary N) is 1. The molecule has 0 unspecified atom stereocenters. The maximum absolute atomic E-state index is 9.58. The highest BCUT2D eigenvalue weighted by molar-refractivity contribution is 5.95. The molecule has 8 nitrogen and oxygen atoms in total. The lowest BCUT2D eigenvalue weighted by Crippen LogP contribution is -2.66. The monoisotopic (exact) mass is 483 g/mol. The van der Waals surface area contributed by atoms with Gasteiger partial charge in [0.25, 0.3) is 0 Å². The highest BCUT2D eigenvalue weighted by atomic mass is 15.4. The predicted molar refractivity (Wildman–Crippen MR) is 145 cm³/mol.